The lowest BCUT2D eigenvalue weighted by molar-refractivity contribution is -0.177. The molecule has 0 fully saturated rings. The van der Waals surface area contributed by atoms with Crippen LogP contribution in [0.1, 0.15) is 19.8 Å². The van der Waals surface area contributed by atoms with Crippen LogP contribution in [-0.2, 0) is 14.3 Å². The van der Waals surface area contributed by atoms with Gasteiger partial charge < -0.3 is 9.47 Å². The first-order valence-corrected chi connectivity index (χ1v) is 5.40. The molecule has 0 radical (unpaired) electrons. The Hall–Kier alpha value is -1.11. The molecule has 0 bridgehead atoms. The van der Waals surface area contributed by atoms with Crippen LogP contribution in [0.15, 0.2) is 12.2 Å². The predicted octanol–water partition coefficient (Wildman–Crippen LogP) is 2.80. The molecule has 0 rings (SSSR count). The number of ether oxygens (including phenoxy) is 2. The van der Waals surface area contributed by atoms with Crippen molar-refractivity contribution in [2.75, 3.05) is 19.8 Å². The van der Waals surface area contributed by atoms with Gasteiger partial charge in [-0.25, -0.2) is 13.6 Å². The third-order valence-electron chi connectivity index (χ3n) is 1.92. The first kappa shape index (κ1) is 16.9. The van der Waals surface area contributed by atoms with Crippen LogP contribution in [0, 0.1) is 0 Å². The molecule has 18 heavy (non-hydrogen) atoms. The normalized spacial score (nSPS) is 11.7. The first-order chi connectivity index (χ1) is 8.31. The largest absolute Gasteiger partial charge is 0.456 e. The van der Waals surface area contributed by atoms with Crippen molar-refractivity contribution >= 4 is 5.97 Å². The van der Waals surface area contributed by atoms with Crippen molar-refractivity contribution < 1.29 is 31.8 Å². The Morgan fingerprint density at radius 2 is 2.00 bits per heavy atom. The average Bonchev–Trinajstić information content (AvgIpc) is 2.31. The van der Waals surface area contributed by atoms with E-state index in [0.717, 1.165) is 12.8 Å². The number of unbranched alkanes of at least 4 members (excludes halogenated alkanes) is 1. The van der Waals surface area contributed by atoms with Gasteiger partial charge >= 0.3 is 18.3 Å². The van der Waals surface area contributed by atoms with E-state index >= 15 is 0 Å². The van der Waals surface area contributed by atoms with Crippen molar-refractivity contribution in [1.82, 2.24) is 0 Å². The van der Waals surface area contributed by atoms with Crippen LogP contribution in [0.4, 0.5) is 17.6 Å². The van der Waals surface area contributed by atoms with E-state index in [0.29, 0.717) is 6.61 Å². The van der Waals surface area contributed by atoms with E-state index in [4.69, 9.17) is 4.74 Å². The number of esters is 1. The number of hydrogen-bond acceptors (Lipinski definition) is 3. The van der Waals surface area contributed by atoms with E-state index in [1.807, 2.05) is 6.92 Å². The smallest absolute Gasteiger partial charge is 0.340 e. The Kier molecular flexibility index (Phi) is 7.58. The highest BCUT2D eigenvalue weighted by Gasteiger charge is 2.42. The quantitative estimate of drug-likeness (QED) is 0.280. The van der Waals surface area contributed by atoms with Crippen LogP contribution < -0.4 is 0 Å². The molecular weight excluding hydrogens is 256 g/mol. The van der Waals surface area contributed by atoms with Crippen LogP contribution in [0.2, 0.25) is 0 Å². The lowest BCUT2D eigenvalue weighted by Crippen LogP contribution is -2.33. The molecule has 0 amide bonds. The lowest BCUT2D eigenvalue weighted by Gasteiger charge is -2.15. The van der Waals surface area contributed by atoms with Crippen molar-refractivity contribution in [3.05, 3.63) is 12.2 Å². The molecule has 106 valence electrons. The molecule has 0 saturated carbocycles. The summed E-state index contributed by atoms with van der Waals surface area (Å²) in [5, 5.41) is 0. The number of alkyl halides is 4. The molecule has 0 aromatic rings. The van der Waals surface area contributed by atoms with Gasteiger partial charge in [-0.3, -0.25) is 0 Å². The average molecular weight is 272 g/mol. The summed E-state index contributed by atoms with van der Waals surface area (Å²) < 4.78 is 57.4. The van der Waals surface area contributed by atoms with E-state index < -0.39 is 24.9 Å². The predicted molar refractivity (Wildman–Crippen MR) is 56.8 cm³/mol. The zero-order valence-corrected chi connectivity index (χ0v) is 10.1. The molecule has 0 aromatic carbocycles. The Morgan fingerprint density at radius 3 is 2.50 bits per heavy atom. The maximum absolute atomic E-state index is 12.4. The van der Waals surface area contributed by atoms with Crippen molar-refractivity contribution in [1.29, 1.82) is 0 Å². The summed E-state index contributed by atoms with van der Waals surface area (Å²) in [6, 6.07) is 0. The maximum atomic E-state index is 12.4. The molecule has 0 aromatic heterocycles. The van der Waals surface area contributed by atoms with E-state index in [-0.39, 0.29) is 12.2 Å². The van der Waals surface area contributed by atoms with Gasteiger partial charge in [0.25, 0.3) is 0 Å². The molecule has 0 unspecified atom stereocenters. The highest BCUT2D eigenvalue weighted by atomic mass is 19.3. The zero-order chi connectivity index (χ0) is 14.2. The van der Waals surface area contributed by atoms with Crippen LogP contribution in [0.5, 0.6) is 0 Å². The van der Waals surface area contributed by atoms with E-state index in [9.17, 15) is 22.4 Å². The molecule has 0 aliphatic heterocycles. The van der Waals surface area contributed by atoms with Crippen LogP contribution in [0.3, 0.4) is 0 Å². The van der Waals surface area contributed by atoms with Crippen molar-refractivity contribution in [3.8, 4) is 0 Å². The summed E-state index contributed by atoms with van der Waals surface area (Å²) in [7, 11) is 0. The van der Waals surface area contributed by atoms with Gasteiger partial charge in [-0.1, -0.05) is 19.9 Å². The van der Waals surface area contributed by atoms with Gasteiger partial charge in [0.2, 0.25) is 0 Å². The Balaban J connectivity index is 3.92. The fourth-order valence-electron chi connectivity index (χ4n) is 0.828. The van der Waals surface area contributed by atoms with Gasteiger partial charge in [0.1, 0.15) is 0 Å². The topological polar surface area (TPSA) is 35.5 Å². The molecule has 0 atom stereocenters. The Bertz CT molecular complexity index is 279. The maximum Gasteiger partial charge on any atom is 0.340 e. The van der Waals surface area contributed by atoms with E-state index in [1.165, 1.54) is 0 Å². The molecule has 0 N–H and O–H groups in total. The molecule has 0 saturated heterocycles. The summed E-state index contributed by atoms with van der Waals surface area (Å²) in [6.07, 6.45) is -2.19. The fraction of sp³-hybridized carbons (Fsp3) is 0.727. The highest BCUT2D eigenvalue weighted by Crippen LogP contribution is 2.23. The molecule has 3 nitrogen and oxygen atoms in total. The van der Waals surface area contributed by atoms with Gasteiger partial charge in [0, 0.05) is 6.61 Å². The van der Waals surface area contributed by atoms with Gasteiger partial charge in [-0.15, -0.1) is 0 Å². The standard InChI is InChI=1S/C11H16F4O3/c1-3-4-5-17-6-8(2)9(16)18-7-11(14,15)10(12)13/h10H,2-7H2,1H3. The van der Waals surface area contributed by atoms with Gasteiger partial charge in [-0.2, -0.15) is 8.78 Å². The lowest BCUT2D eigenvalue weighted by atomic mass is 10.3. The second kappa shape index (κ2) is 8.07. The summed E-state index contributed by atoms with van der Waals surface area (Å²) in [5.41, 5.74) is -0.184. The third kappa shape index (κ3) is 6.58. The summed E-state index contributed by atoms with van der Waals surface area (Å²) in [4.78, 5) is 11.1. The molecule has 7 heteroatoms. The van der Waals surface area contributed by atoms with Gasteiger partial charge in [0.05, 0.1) is 12.2 Å². The summed E-state index contributed by atoms with van der Waals surface area (Å²) in [6.45, 7) is 3.77. The van der Waals surface area contributed by atoms with Crippen LogP contribution in [-0.4, -0.2) is 38.1 Å². The molecule has 0 aliphatic carbocycles. The zero-order valence-electron chi connectivity index (χ0n) is 10.1. The molecular formula is C11H16F4O3. The van der Waals surface area contributed by atoms with Crippen LogP contribution >= 0.6 is 0 Å². The minimum absolute atomic E-state index is 0.168. The van der Waals surface area contributed by atoms with Gasteiger partial charge in [-0.05, 0) is 6.42 Å². The van der Waals surface area contributed by atoms with Crippen molar-refractivity contribution in [2.45, 2.75) is 32.1 Å². The Morgan fingerprint density at radius 1 is 1.39 bits per heavy atom. The molecule has 0 aliphatic rings. The number of halogens is 4. The number of hydrogen-bond donors (Lipinski definition) is 0. The van der Waals surface area contributed by atoms with Crippen molar-refractivity contribution in [2.24, 2.45) is 0 Å². The minimum Gasteiger partial charge on any atom is -0.456 e. The van der Waals surface area contributed by atoms with Crippen LogP contribution in [0.25, 0.3) is 0 Å². The third-order valence-corrected chi connectivity index (χ3v) is 1.92. The molecule has 0 heterocycles. The SMILES string of the molecule is C=C(COCCCC)C(=O)OCC(F)(F)C(F)F. The minimum atomic E-state index is -4.35. The fourth-order valence-corrected chi connectivity index (χ4v) is 0.828. The second-order valence-corrected chi connectivity index (χ2v) is 3.65. The number of carbonyl (C=O) groups excluding carboxylic acids is 1. The summed E-state index contributed by atoms with van der Waals surface area (Å²) >= 11 is 0. The van der Waals surface area contributed by atoms with E-state index in [2.05, 4.69) is 11.3 Å². The second-order valence-electron chi connectivity index (χ2n) is 3.65. The number of carbonyl (C=O) groups is 1. The molecule has 0 spiro atoms. The number of rotatable bonds is 9. The monoisotopic (exact) mass is 272 g/mol. The highest BCUT2D eigenvalue weighted by molar-refractivity contribution is 5.87. The Labute approximate surface area is 103 Å². The first-order valence-electron chi connectivity index (χ1n) is 5.40. The van der Waals surface area contributed by atoms with E-state index in [1.54, 1.807) is 0 Å². The summed E-state index contributed by atoms with van der Waals surface area (Å²) in [5.74, 6) is -5.51. The van der Waals surface area contributed by atoms with Crippen molar-refractivity contribution in [3.63, 3.8) is 0 Å². The van der Waals surface area contributed by atoms with Gasteiger partial charge in [0.15, 0.2) is 6.61 Å².